The first kappa shape index (κ1) is 45.6. The van der Waals surface area contributed by atoms with E-state index in [9.17, 15) is 27.7 Å². The average molecular weight is 685 g/mol. The van der Waals surface area contributed by atoms with E-state index >= 15 is 0 Å². The quantitative estimate of drug-likeness (QED) is 0.0292. The van der Waals surface area contributed by atoms with Crippen LogP contribution in [0, 0.1) is 0 Å². The van der Waals surface area contributed by atoms with Gasteiger partial charge >= 0.3 is 10.4 Å². The Kier molecular flexibility index (Phi) is 31.0. The standard InChI is InChI=1S/C39H72O7S/c1-3-5-7-9-11-13-15-17-19-21-23-25-27-29-31-33-37(41)39(35-36-40,46-47(43,44)45)38(42)34-32-30-28-26-24-22-20-18-16-14-12-10-8-6-4-2/h17-20,40H,3-16,21-36H2,1-2H3,(H,43,44,45)/b19-17-,20-18-. The van der Waals surface area contributed by atoms with E-state index in [1.807, 2.05) is 0 Å². The van der Waals surface area contributed by atoms with Gasteiger partial charge in [-0.05, 0) is 64.2 Å². The van der Waals surface area contributed by atoms with Gasteiger partial charge in [-0.25, -0.2) is 4.18 Å². The molecule has 0 unspecified atom stereocenters. The summed E-state index contributed by atoms with van der Waals surface area (Å²) >= 11 is 0. The largest absolute Gasteiger partial charge is 0.398 e. The van der Waals surface area contributed by atoms with Crippen LogP contribution in [0.5, 0.6) is 0 Å². The monoisotopic (exact) mass is 684 g/mol. The highest BCUT2D eigenvalue weighted by Crippen LogP contribution is 2.27. The van der Waals surface area contributed by atoms with Gasteiger partial charge in [0, 0.05) is 25.9 Å². The van der Waals surface area contributed by atoms with Crippen molar-refractivity contribution < 1.29 is 31.8 Å². The summed E-state index contributed by atoms with van der Waals surface area (Å²) in [5, 5.41) is 9.63. The molecule has 276 valence electrons. The normalized spacial score (nSPS) is 12.5. The number of carbonyl (C=O) groups is 2. The number of allylic oxidation sites excluding steroid dienone is 4. The highest BCUT2D eigenvalue weighted by molar-refractivity contribution is 7.81. The van der Waals surface area contributed by atoms with E-state index in [0.29, 0.717) is 12.8 Å². The molecule has 0 saturated carbocycles. The molecule has 0 atom stereocenters. The second kappa shape index (κ2) is 31.9. The number of aliphatic hydroxyl groups is 1. The Morgan fingerprint density at radius 3 is 1.13 bits per heavy atom. The molecule has 0 aliphatic carbocycles. The molecule has 2 N–H and O–H groups in total. The van der Waals surface area contributed by atoms with Crippen molar-refractivity contribution in [2.75, 3.05) is 6.61 Å². The minimum absolute atomic E-state index is 0.0359. The van der Waals surface area contributed by atoms with Gasteiger partial charge in [-0.3, -0.25) is 14.1 Å². The molecule has 8 heteroatoms. The Balaban J connectivity index is 4.39. The molecule has 7 nitrogen and oxygen atoms in total. The van der Waals surface area contributed by atoms with Gasteiger partial charge in [0.1, 0.15) is 0 Å². The van der Waals surface area contributed by atoms with Crippen molar-refractivity contribution in [3.63, 3.8) is 0 Å². The number of ketones is 2. The Hall–Kier alpha value is -1.35. The summed E-state index contributed by atoms with van der Waals surface area (Å²) in [4.78, 5) is 26.4. The minimum atomic E-state index is -5.08. The van der Waals surface area contributed by atoms with Crippen LogP contribution in [-0.2, 0) is 24.2 Å². The van der Waals surface area contributed by atoms with Gasteiger partial charge in [0.25, 0.3) is 0 Å². The lowest BCUT2D eigenvalue weighted by atomic mass is 9.84. The number of unbranched alkanes of at least 4 members (excludes halogenated alkanes) is 22. The fraction of sp³-hybridized carbons (Fsp3) is 0.846. The lowest BCUT2D eigenvalue weighted by molar-refractivity contribution is -0.150. The molecule has 0 heterocycles. The van der Waals surface area contributed by atoms with E-state index in [-0.39, 0.29) is 12.8 Å². The molecular formula is C39H72O7S. The van der Waals surface area contributed by atoms with E-state index in [2.05, 4.69) is 38.2 Å². The molecule has 0 radical (unpaired) electrons. The average Bonchev–Trinajstić information content (AvgIpc) is 3.03. The highest BCUT2D eigenvalue weighted by atomic mass is 32.3. The molecule has 0 bridgehead atoms. The lowest BCUT2D eigenvalue weighted by Crippen LogP contribution is -2.51. The Morgan fingerprint density at radius 1 is 0.532 bits per heavy atom. The van der Waals surface area contributed by atoms with E-state index < -0.39 is 40.6 Å². The van der Waals surface area contributed by atoms with Crippen molar-refractivity contribution >= 4 is 22.0 Å². The fourth-order valence-corrected chi connectivity index (χ4v) is 6.65. The van der Waals surface area contributed by atoms with Crippen LogP contribution in [0.4, 0.5) is 0 Å². The lowest BCUT2D eigenvalue weighted by Gasteiger charge is -2.28. The van der Waals surface area contributed by atoms with Gasteiger partial charge in [-0.15, -0.1) is 0 Å². The van der Waals surface area contributed by atoms with Crippen molar-refractivity contribution in [1.82, 2.24) is 0 Å². The molecule has 0 aliphatic heterocycles. The van der Waals surface area contributed by atoms with Gasteiger partial charge in [-0.1, -0.05) is 141 Å². The van der Waals surface area contributed by atoms with Gasteiger partial charge < -0.3 is 5.11 Å². The fourth-order valence-electron chi connectivity index (χ4n) is 6.02. The minimum Gasteiger partial charge on any atom is -0.396 e. The zero-order valence-corrected chi connectivity index (χ0v) is 31.2. The predicted molar refractivity (Wildman–Crippen MR) is 196 cm³/mol. The molecule has 0 spiro atoms. The smallest absolute Gasteiger partial charge is 0.396 e. The second-order valence-electron chi connectivity index (χ2n) is 13.3. The van der Waals surface area contributed by atoms with Gasteiger partial charge in [0.2, 0.25) is 5.60 Å². The molecule has 47 heavy (non-hydrogen) atoms. The van der Waals surface area contributed by atoms with E-state index in [1.165, 1.54) is 77.0 Å². The van der Waals surface area contributed by atoms with E-state index in [4.69, 9.17) is 4.18 Å². The summed E-state index contributed by atoms with van der Waals surface area (Å²) in [6.45, 7) is 3.86. The van der Waals surface area contributed by atoms with Crippen molar-refractivity contribution in [1.29, 1.82) is 0 Å². The van der Waals surface area contributed by atoms with E-state index in [1.54, 1.807) is 0 Å². The predicted octanol–water partition coefficient (Wildman–Crippen LogP) is 11.1. The van der Waals surface area contributed by atoms with Gasteiger partial charge in [-0.2, -0.15) is 8.42 Å². The Labute approximate surface area is 289 Å². The maximum Gasteiger partial charge on any atom is 0.398 e. The first-order valence-electron chi connectivity index (χ1n) is 19.4. The summed E-state index contributed by atoms with van der Waals surface area (Å²) in [6.07, 6.45) is 37.2. The zero-order valence-electron chi connectivity index (χ0n) is 30.4. The zero-order chi connectivity index (χ0) is 34.9. The topological polar surface area (TPSA) is 118 Å². The molecule has 0 fully saturated rings. The number of Topliss-reactive ketones (excluding diaryl/α,β-unsaturated/α-hetero) is 2. The van der Waals surface area contributed by atoms with Crippen molar-refractivity contribution in [3.05, 3.63) is 24.3 Å². The summed E-state index contributed by atoms with van der Waals surface area (Å²) in [5.41, 5.74) is -2.36. The molecule has 0 rings (SSSR count). The third-order valence-corrected chi connectivity index (χ3v) is 9.44. The molecule has 0 saturated heterocycles. The number of carbonyl (C=O) groups excluding carboxylic acids is 2. The van der Waals surface area contributed by atoms with Crippen molar-refractivity contribution in [2.45, 2.75) is 206 Å². The number of hydrogen-bond donors (Lipinski definition) is 2. The van der Waals surface area contributed by atoms with Crippen LogP contribution in [-0.4, -0.2) is 41.9 Å². The molecule has 0 amide bonds. The second-order valence-corrected chi connectivity index (χ2v) is 14.3. The third kappa shape index (κ3) is 27.2. The van der Waals surface area contributed by atoms with Crippen LogP contribution < -0.4 is 0 Å². The van der Waals surface area contributed by atoms with Gasteiger partial charge in [0.15, 0.2) is 11.6 Å². The van der Waals surface area contributed by atoms with Crippen LogP contribution >= 0.6 is 0 Å². The van der Waals surface area contributed by atoms with Crippen LogP contribution in [0.15, 0.2) is 24.3 Å². The molecular weight excluding hydrogens is 612 g/mol. The third-order valence-electron chi connectivity index (χ3n) is 8.94. The maximum absolute atomic E-state index is 13.2. The number of hydrogen-bond acceptors (Lipinski definition) is 6. The summed E-state index contributed by atoms with van der Waals surface area (Å²) in [7, 11) is -5.08. The van der Waals surface area contributed by atoms with Crippen LogP contribution in [0.1, 0.15) is 200 Å². The van der Waals surface area contributed by atoms with Crippen molar-refractivity contribution in [3.8, 4) is 0 Å². The highest BCUT2D eigenvalue weighted by Gasteiger charge is 2.48. The summed E-state index contributed by atoms with van der Waals surface area (Å²) < 4.78 is 37.6. The summed E-state index contributed by atoms with van der Waals surface area (Å²) in [6, 6.07) is 0. The van der Waals surface area contributed by atoms with Crippen LogP contribution in [0.2, 0.25) is 0 Å². The van der Waals surface area contributed by atoms with Gasteiger partial charge in [0.05, 0.1) is 0 Å². The molecule has 0 aliphatic rings. The number of rotatable bonds is 36. The Bertz CT molecular complexity index is 858. The van der Waals surface area contributed by atoms with Crippen LogP contribution in [0.25, 0.3) is 0 Å². The first-order valence-corrected chi connectivity index (χ1v) is 20.8. The molecule has 0 aromatic carbocycles. The molecule has 0 aromatic rings. The SMILES string of the molecule is CCCCCCCC/C=C\CCCCCCCC(=O)C(CCO)(OS(=O)(=O)O)C(=O)CCCCCCC/C=C\CCCCCCCC. The number of aliphatic hydroxyl groups excluding tert-OH is 1. The summed E-state index contributed by atoms with van der Waals surface area (Å²) in [5.74, 6) is -1.36. The maximum atomic E-state index is 13.2. The molecule has 0 aromatic heterocycles. The van der Waals surface area contributed by atoms with Crippen molar-refractivity contribution in [2.24, 2.45) is 0 Å². The van der Waals surface area contributed by atoms with Crippen LogP contribution in [0.3, 0.4) is 0 Å². The Morgan fingerprint density at radius 2 is 0.830 bits per heavy atom. The van der Waals surface area contributed by atoms with E-state index in [0.717, 1.165) is 77.0 Å². The first-order chi connectivity index (χ1) is 22.7.